The maximum absolute atomic E-state index is 13.4. The standard InChI is InChI=1S/C28H38O9/c1-13-14(2)28(35,37-22(13)31)21-15(3)25(32)10-8-17-16-11-20(30)26(33)9-6-7-19(29)23(26,4)18(16)12-27(34,36-21)24(17,25)5/h6-7,15-18,20-21,30,32-35H,8-12H2,1-5H3/t15-,16+,17+,18+,20-,21-,23+,24+,25+,26+,27-,28+/m1/s1. The van der Waals surface area contributed by atoms with E-state index in [1.54, 1.807) is 40.7 Å². The number of hydrogen-bond donors (Lipinski definition) is 5. The van der Waals surface area contributed by atoms with E-state index in [2.05, 4.69) is 0 Å². The van der Waals surface area contributed by atoms with Gasteiger partial charge >= 0.3 is 5.97 Å². The van der Waals surface area contributed by atoms with Crippen molar-refractivity contribution in [2.45, 2.75) is 102 Å². The fraction of sp³-hybridized carbons (Fsp3) is 0.786. The third kappa shape index (κ3) is 2.53. The number of carbonyl (C=O) groups excluding carboxylic acids is 2. The maximum atomic E-state index is 13.4. The van der Waals surface area contributed by atoms with Crippen molar-refractivity contribution in [1.82, 2.24) is 0 Å². The number of aliphatic hydroxyl groups excluding tert-OH is 1. The van der Waals surface area contributed by atoms with E-state index in [0.29, 0.717) is 12.8 Å². The van der Waals surface area contributed by atoms with Crippen LogP contribution in [0.25, 0.3) is 0 Å². The number of aliphatic hydroxyl groups is 5. The summed E-state index contributed by atoms with van der Waals surface area (Å²) in [5, 5.41) is 59.3. The van der Waals surface area contributed by atoms with Gasteiger partial charge in [-0.3, -0.25) is 4.79 Å². The third-order valence-electron chi connectivity index (χ3n) is 12.3. The van der Waals surface area contributed by atoms with E-state index in [4.69, 9.17) is 9.47 Å². The van der Waals surface area contributed by atoms with Crippen molar-refractivity contribution < 1.29 is 44.6 Å². The second-order valence-electron chi connectivity index (χ2n) is 13.0. The molecule has 0 radical (unpaired) electrons. The fourth-order valence-electron chi connectivity index (χ4n) is 9.64. The number of esters is 1. The van der Waals surface area contributed by atoms with Crippen LogP contribution in [0.4, 0.5) is 0 Å². The van der Waals surface area contributed by atoms with Crippen LogP contribution in [0.15, 0.2) is 23.3 Å². The molecular formula is C28H38O9. The molecule has 12 atom stereocenters. The number of ether oxygens (including phenoxy) is 2. The molecule has 9 nitrogen and oxygen atoms in total. The molecule has 0 amide bonds. The molecule has 6 aliphatic rings. The minimum atomic E-state index is -2.17. The summed E-state index contributed by atoms with van der Waals surface area (Å²) in [5.41, 5.74) is -5.25. The van der Waals surface area contributed by atoms with Gasteiger partial charge in [-0.25, -0.2) is 4.79 Å². The van der Waals surface area contributed by atoms with Crippen LogP contribution in [0.5, 0.6) is 0 Å². The summed E-state index contributed by atoms with van der Waals surface area (Å²) >= 11 is 0. The molecule has 3 saturated carbocycles. The Kier molecular flexibility index (Phi) is 4.93. The number of rotatable bonds is 1. The summed E-state index contributed by atoms with van der Waals surface area (Å²) in [6, 6.07) is 0. The Hall–Kier alpha value is -1.62. The number of cyclic esters (lactones) is 1. The number of ketones is 1. The molecule has 2 heterocycles. The molecule has 1 saturated heterocycles. The van der Waals surface area contributed by atoms with Crippen molar-refractivity contribution in [2.24, 2.45) is 34.5 Å². The lowest BCUT2D eigenvalue weighted by Crippen LogP contribution is -2.79. The van der Waals surface area contributed by atoms with Gasteiger partial charge in [0.15, 0.2) is 11.6 Å². The Morgan fingerprint density at radius 3 is 2.32 bits per heavy atom. The molecule has 0 aromatic rings. The van der Waals surface area contributed by atoms with Crippen LogP contribution in [0, 0.1) is 34.5 Å². The number of hydrogen-bond acceptors (Lipinski definition) is 9. The molecular weight excluding hydrogens is 480 g/mol. The van der Waals surface area contributed by atoms with Gasteiger partial charge in [-0.1, -0.05) is 19.9 Å². The topological polar surface area (TPSA) is 154 Å². The summed E-state index contributed by atoms with van der Waals surface area (Å²) < 4.78 is 11.8. The summed E-state index contributed by atoms with van der Waals surface area (Å²) in [7, 11) is 0. The lowest BCUT2D eigenvalue weighted by Gasteiger charge is -2.70. The number of allylic oxidation sites excluding steroid dienone is 1. The van der Waals surface area contributed by atoms with Gasteiger partial charge in [0.05, 0.1) is 22.5 Å². The van der Waals surface area contributed by atoms with Crippen molar-refractivity contribution in [3.63, 3.8) is 0 Å². The van der Waals surface area contributed by atoms with E-state index in [1.165, 1.54) is 6.08 Å². The van der Waals surface area contributed by atoms with Gasteiger partial charge in [0.25, 0.3) is 5.79 Å². The van der Waals surface area contributed by atoms with Gasteiger partial charge in [0.1, 0.15) is 11.7 Å². The Bertz CT molecular complexity index is 1160. The average Bonchev–Trinajstić information content (AvgIpc) is 3.23. The Morgan fingerprint density at radius 2 is 1.70 bits per heavy atom. The van der Waals surface area contributed by atoms with Crippen molar-refractivity contribution in [2.75, 3.05) is 0 Å². The zero-order valence-corrected chi connectivity index (χ0v) is 22.0. The van der Waals surface area contributed by atoms with Crippen LogP contribution >= 0.6 is 0 Å². The first-order valence-electron chi connectivity index (χ1n) is 13.4. The quantitative estimate of drug-likeness (QED) is 0.321. The van der Waals surface area contributed by atoms with Crippen LogP contribution in [-0.2, 0) is 19.1 Å². The Balaban J connectivity index is 1.50. The Labute approximate surface area is 216 Å². The zero-order valence-electron chi connectivity index (χ0n) is 22.0. The van der Waals surface area contributed by atoms with E-state index in [-0.39, 0.29) is 48.0 Å². The number of fused-ring (bicyclic) bond motifs is 4. The molecule has 4 fully saturated rings. The second-order valence-corrected chi connectivity index (χ2v) is 13.0. The predicted octanol–water partition coefficient (Wildman–Crippen LogP) is 1.11. The fourth-order valence-corrected chi connectivity index (χ4v) is 9.64. The van der Waals surface area contributed by atoms with Crippen molar-refractivity contribution in [3.8, 4) is 0 Å². The van der Waals surface area contributed by atoms with E-state index in [0.717, 1.165) is 0 Å². The van der Waals surface area contributed by atoms with E-state index in [1.807, 2.05) is 0 Å². The van der Waals surface area contributed by atoms with Gasteiger partial charge in [0.2, 0.25) is 0 Å². The molecule has 6 rings (SSSR count). The monoisotopic (exact) mass is 518 g/mol. The first kappa shape index (κ1) is 25.6. The van der Waals surface area contributed by atoms with Crippen LogP contribution < -0.4 is 0 Å². The molecule has 9 heteroatoms. The van der Waals surface area contributed by atoms with Crippen LogP contribution in [0.2, 0.25) is 0 Å². The van der Waals surface area contributed by atoms with Crippen LogP contribution in [0.1, 0.15) is 66.7 Å². The summed E-state index contributed by atoms with van der Waals surface area (Å²) in [5.74, 6) is -7.02. The molecule has 0 unspecified atom stereocenters. The highest BCUT2D eigenvalue weighted by Gasteiger charge is 2.81. The first-order valence-corrected chi connectivity index (χ1v) is 13.4. The van der Waals surface area contributed by atoms with E-state index >= 15 is 0 Å². The highest BCUT2D eigenvalue weighted by atomic mass is 16.7. The first-order chi connectivity index (χ1) is 17.0. The predicted molar refractivity (Wildman–Crippen MR) is 128 cm³/mol. The molecule has 4 aliphatic carbocycles. The van der Waals surface area contributed by atoms with Gasteiger partial charge in [0, 0.05) is 23.5 Å². The van der Waals surface area contributed by atoms with Crippen molar-refractivity contribution in [1.29, 1.82) is 0 Å². The summed E-state index contributed by atoms with van der Waals surface area (Å²) in [6.45, 7) is 8.32. The van der Waals surface area contributed by atoms with Gasteiger partial charge in [-0.2, -0.15) is 0 Å². The largest absolute Gasteiger partial charge is 0.423 e. The molecule has 0 spiro atoms. The third-order valence-corrected chi connectivity index (χ3v) is 12.3. The number of carbonyl (C=O) groups is 2. The van der Waals surface area contributed by atoms with Gasteiger partial charge < -0.3 is 35.0 Å². The van der Waals surface area contributed by atoms with E-state index < -0.39 is 63.6 Å². The van der Waals surface area contributed by atoms with Crippen molar-refractivity contribution >= 4 is 11.8 Å². The highest BCUT2D eigenvalue weighted by Crippen LogP contribution is 2.74. The molecule has 37 heavy (non-hydrogen) atoms. The maximum Gasteiger partial charge on any atom is 0.336 e. The Morgan fingerprint density at radius 1 is 1.03 bits per heavy atom. The SMILES string of the molecule is CC1=C(C)[C@@](O)([C@@H]2O[C@]3(O)C[C@H]4[C@@H](C[C@@H](O)[C@@]5(O)CC=CC(=O)[C@]45C)[C@@H]4CC[C@](O)([C@@H]2C)[C@]43C)OC1=O. The molecule has 0 aromatic carbocycles. The lowest BCUT2D eigenvalue weighted by molar-refractivity contribution is -0.437. The van der Waals surface area contributed by atoms with Crippen LogP contribution in [0.3, 0.4) is 0 Å². The van der Waals surface area contributed by atoms with E-state index in [9.17, 15) is 35.1 Å². The summed E-state index contributed by atoms with van der Waals surface area (Å²) in [4.78, 5) is 25.8. The zero-order chi connectivity index (χ0) is 27.1. The lowest BCUT2D eigenvalue weighted by atomic mass is 9.40. The average molecular weight is 519 g/mol. The summed E-state index contributed by atoms with van der Waals surface area (Å²) in [6.07, 6.45) is 1.69. The molecule has 0 aromatic heterocycles. The van der Waals surface area contributed by atoms with Crippen molar-refractivity contribution in [3.05, 3.63) is 23.3 Å². The molecule has 204 valence electrons. The highest BCUT2D eigenvalue weighted by molar-refractivity contribution is 5.97. The molecule has 5 N–H and O–H groups in total. The second kappa shape index (κ2) is 7.11. The minimum Gasteiger partial charge on any atom is -0.423 e. The minimum absolute atomic E-state index is 0.0902. The molecule has 0 bridgehead atoms. The van der Waals surface area contributed by atoms with Gasteiger partial charge in [-0.15, -0.1) is 0 Å². The molecule has 2 aliphatic heterocycles. The normalized spacial score (nSPS) is 58.6. The smallest absolute Gasteiger partial charge is 0.336 e. The van der Waals surface area contributed by atoms with Gasteiger partial charge in [-0.05, 0) is 70.3 Å². The van der Waals surface area contributed by atoms with Crippen LogP contribution in [-0.4, -0.2) is 72.3 Å².